The highest BCUT2D eigenvalue weighted by atomic mass is 16.5. The number of hydrogen-bond acceptors (Lipinski definition) is 3. The normalized spacial score (nSPS) is 22.7. The number of piperidine rings is 1. The zero-order valence-corrected chi connectivity index (χ0v) is 12.0. The van der Waals surface area contributed by atoms with Gasteiger partial charge in [-0.1, -0.05) is 37.3 Å². The van der Waals surface area contributed by atoms with Crippen LogP contribution in [0.4, 0.5) is 0 Å². The zero-order valence-electron chi connectivity index (χ0n) is 12.0. The smallest absolute Gasteiger partial charge is 0.309 e. The third-order valence-corrected chi connectivity index (χ3v) is 3.75. The van der Waals surface area contributed by atoms with Gasteiger partial charge in [0, 0.05) is 19.5 Å². The van der Waals surface area contributed by atoms with Crippen molar-refractivity contribution < 1.29 is 14.3 Å². The molecule has 0 aliphatic carbocycles. The summed E-state index contributed by atoms with van der Waals surface area (Å²) < 4.78 is 5.04. The summed E-state index contributed by atoms with van der Waals surface area (Å²) in [5, 5.41) is 0. The first-order valence-corrected chi connectivity index (χ1v) is 7.10. The Hall–Kier alpha value is -1.84. The van der Waals surface area contributed by atoms with E-state index in [1.807, 2.05) is 42.2 Å². The maximum Gasteiger partial charge on any atom is 0.309 e. The maximum atomic E-state index is 12.2. The predicted octanol–water partition coefficient (Wildman–Crippen LogP) is 2.23. The fraction of sp³-hybridized carbons (Fsp3) is 0.500. The van der Waals surface area contributed by atoms with Gasteiger partial charge in [-0.3, -0.25) is 9.59 Å². The highest BCUT2D eigenvalue weighted by Crippen LogP contribution is 2.26. The summed E-state index contributed by atoms with van der Waals surface area (Å²) in [6, 6.07) is 9.91. The zero-order chi connectivity index (χ0) is 14.5. The molecule has 1 aromatic carbocycles. The molecule has 1 amide bonds. The number of carbonyl (C=O) groups excluding carboxylic acids is 2. The molecule has 2 rings (SSSR count). The number of nitrogens with zero attached hydrogens (tertiary/aromatic N) is 1. The van der Waals surface area contributed by atoms with Crippen molar-refractivity contribution in [2.24, 2.45) is 11.8 Å². The molecule has 0 spiro atoms. The minimum atomic E-state index is -0.297. The molecule has 1 aliphatic rings. The van der Waals surface area contributed by atoms with Gasteiger partial charge in [0.15, 0.2) is 0 Å². The number of hydrogen-bond donors (Lipinski definition) is 0. The van der Waals surface area contributed by atoms with Crippen LogP contribution in [-0.4, -0.2) is 29.9 Å². The van der Waals surface area contributed by atoms with Crippen molar-refractivity contribution in [1.82, 2.24) is 4.90 Å². The van der Waals surface area contributed by atoms with E-state index < -0.39 is 0 Å². The van der Waals surface area contributed by atoms with Gasteiger partial charge in [0.05, 0.1) is 12.5 Å². The number of carbonyl (C=O) groups is 2. The molecule has 4 nitrogen and oxygen atoms in total. The van der Waals surface area contributed by atoms with Crippen LogP contribution in [0.15, 0.2) is 30.3 Å². The monoisotopic (exact) mass is 275 g/mol. The number of esters is 1. The number of benzene rings is 1. The van der Waals surface area contributed by atoms with Gasteiger partial charge < -0.3 is 9.64 Å². The quantitative estimate of drug-likeness (QED) is 0.792. The summed E-state index contributed by atoms with van der Waals surface area (Å²) in [4.78, 5) is 25.8. The molecule has 0 bridgehead atoms. The molecule has 0 N–H and O–H groups in total. The van der Waals surface area contributed by atoms with Gasteiger partial charge >= 0.3 is 5.97 Å². The first-order chi connectivity index (χ1) is 9.61. The van der Waals surface area contributed by atoms with Gasteiger partial charge in [-0.2, -0.15) is 0 Å². The second-order valence-corrected chi connectivity index (χ2v) is 5.30. The molecular formula is C16H21NO3. The van der Waals surface area contributed by atoms with Crippen molar-refractivity contribution in [2.75, 3.05) is 13.2 Å². The summed E-state index contributed by atoms with van der Waals surface area (Å²) in [7, 11) is 0. The van der Waals surface area contributed by atoms with Crippen LogP contribution < -0.4 is 0 Å². The second kappa shape index (κ2) is 6.55. The Labute approximate surface area is 119 Å². The summed E-state index contributed by atoms with van der Waals surface area (Å²) in [6.45, 7) is 5.38. The fourth-order valence-corrected chi connectivity index (χ4v) is 2.62. The van der Waals surface area contributed by atoms with Gasteiger partial charge in [-0.05, 0) is 18.4 Å². The molecule has 1 fully saturated rings. The molecule has 1 heterocycles. The minimum Gasteiger partial charge on any atom is -0.466 e. The lowest BCUT2D eigenvalue weighted by atomic mass is 9.86. The molecule has 0 radical (unpaired) electrons. The molecule has 20 heavy (non-hydrogen) atoms. The van der Waals surface area contributed by atoms with E-state index in [1.54, 1.807) is 6.92 Å². The lowest BCUT2D eigenvalue weighted by Crippen LogP contribution is -2.45. The maximum absolute atomic E-state index is 12.2. The highest BCUT2D eigenvalue weighted by Gasteiger charge is 2.36. The number of ether oxygens (including phenoxy) is 1. The van der Waals surface area contributed by atoms with Crippen LogP contribution in [0.5, 0.6) is 0 Å². The standard InChI is InChI=1S/C16H21NO3/c1-3-20-16(19)14-9-15(18)17(10-12(14)2)11-13-7-5-4-6-8-13/h4-8,12,14H,3,9-11H2,1-2H3/t12-,14+/m1/s1. The molecule has 4 heteroatoms. The molecule has 0 saturated carbocycles. The van der Waals surface area contributed by atoms with E-state index >= 15 is 0 Å². The molecular weight excluding hydrogens is 254 g/mol. The Morgan fingerprint density at radius 3 is 2.70 bits per heavy atom. The van der Waals surface area contributed by atoms with E-state index in [4.69, 9.17) is 4.74 Å². The van der Waals surface area contributed by atoms with Gasteiger partial charge in [-0.15, -0.1) is 0 Å². The fourth-order valence-electron chi connectivity index (χ4n) is 2.62. The summed E-state index contributed by atoms with van der Waals surface area (Å²) in [6.07, 6.45) is 0.257. The summed E-state index contributed by atoms with van der Waals surface area (Å²) >= 11 is 0. The topological polar surface area (TPSA) is 46.6 Å². The Balaban J connectivity index is 1.99. The van der Waals surface area contributed by atoms with Crippen LogP contribution in [0.25, 0.3) is 0 Å². The van der Waals surface area contributed by atoms with Crippen LogP contribution in [0.3, 0.4) is 0 Å². The van der Waals surface area contributed by atoms with Crippen molar-refractivity contribution in [2.45, 2.75) is 26.8 Å². The number of rotatable bonds is 4. The van der Waals surface area contributed by atoms with E-state index in [9.17, 15) is 9.59 Å². The van der Waals surface area contributed by atoms with Gasteiger partial charge in [0.25, 0.3) is 0 Å². The predicted molar refractivity (Wildman–Crippen MR) is 75.8 cm³/mol. The Morgan fingerprint density at radius 2 is 2.05 bits per heavy atom. The van der Waals surface area contributed by atoms with Crippen LogP contribution in [0, 0.1) is 11.8 Å². The summed E-state index contributed by atoms with van der Waals surface area (Å²) in [5.74, 6) is -0.373. The minimum absolute atomic E-state index is 0.0324. The first kappa shape index (κ1) is 14.6. The molecule has 0 aromatic heterocycles. The molecule has 2 atom stereocenters. The molecule has 108 valence electrons. The highest BCUT2D eigenvalue weighted by molar-refractivity contribution is 5.84. The Bertz CT molecular complexity index is 472. The average Bonchev–Trinajstić information content (AvgIpc) is 2.44. The van der Waals surface area contributed by atoms with E-state index in [-0.39, 0.29) is 30.1 Å². The lowest BCUT2D eigenvalue weighted by Gasteiger charge is -2.35. The number of likely N-dealkylation sites (tertiary alicyclic amines) is 1. The third kappa shape index (κ3) is 3.38. The van der Waals surface area contributed by atoms with Gasteiger partial charge in [0.1, 0.15) is 0 Å². The third-order valence-electron chi connectivity index (χ3n) is 3.75. The Morgan fingerprint density at radius 1 is 1.35 bits per heavy atom. The van der Waals surface area contributed by atoms with Gasteiger partial charge in [-0.25, -0.2) is 0 Å². The van der Waals surface area contributed by atoms with Gasteiger partial charge in [0.2, 0.25) is 5.91 Å². The van der Waals surface area contributed by atoms with Crippen LogP contribution in [0.2, 0.25) is 0 Å². The van der Waals surface area contributed by atoms with Crippen molar-refractivity contribution in [3.8, 4) is 0 Å². The average molecular weight is 275 g/mol. The Kier molecular flexibility index (Phi) is 4.77. The van der Waals surface area contributed by atoms with E-state index in [0.29, 0.717) is 19.7 Å². The van der Waals surface area contributed by atoms with Crippen molar-refractivity contribution in [1.29, 1.82) is 0 Å². The SMILES string of the molecule is CCOC(=O)[C@H]1CC(=O)N(Cc2ccccc2)C[C@H]1C. The number of amides is 1. The van der Waals surface area contributed by atoms with Crippen molar-refractivity contribution in [3.05, 3.63) is 35.9 Å². The molecule has 1 saturated heterocycles. The largest absolute Gasteiger partial charge is 0.466 e. The van der Waals surface area contributed by atoms with Crippen molar-refractivity contribution >= 4 is 11.9 Å². The molecule has 1 aromatic rings. The van der Waals surface area contributed by atoms with Crippen molar-refractivity contribution in [3.63, 3.8) is 0 Å². The van der Waals surface area contributed by atoms with Crippen LogP contribution >= 0.6 is 0 Å². The lowest BCUT2D eigenvalue weighted by molar-refractivity contribution is -0.157. The van der Waals surface area contributed by atoms with E-state index in [0.717, 1.165) is 5.56 Å². The van der Waals surface area contributed by atoms with E-state index in [1.165, 1.54) is 0 Å². The molecule has 0 unspecified atom stereocenters. The summed E-state index contributed by atoms with van der Waals surface area (Å²) in [5.41, 5.74) is 1.11. The van der Waals surface area contributed by atoms with Crippen LogP contribution in [-0.2, 0) is 20.9 Å². The first-order valence-electron chi connectivity index (χ1n) is 7.10. The van der Waals surface area contributed by atoms with Crippen LogP contribution in [0.1, 0.15) is 25.8 Å². The molecule has 1 aliphatic heterocycles. The van der Waals surface area contributed by atoms with E-state index in [2.05, 4.69) is 0 Å². The second-order valence-electron chi connectivity index (χ2n) is 5.30.